The van der Waals surface area contributed by atoms with E-state index in [2.05, 4.69) is 37.5 Å². The van der Waals surface area contributed by atoms with Gasteiger partial charge in [-0.05, 0) is 26.3 Å². The van der Waals surface area contributed by atoms with Crippen LogP contribution in [0.3, 0.4) is 0 Å². The third-order valence-electron chi connectivity index (χ3n) is 4.05. The van der Waals surface area contributed by atoms with Gasteiger partial charge in [-0.25, -0.2) is 15.0 Å². The maximum atomic E-state index is 12.3. The van der Waals surface area contributed by atoms with Crippen LogP contribution in [0.25, 0.3) is 11.2 Å². The van der Waals surface area contributed by atoms with Gasteiger partial charge in [0.15, 0.2) is 11.5 Å². The summed E-state index contributed by atoms with van der Waals surface area (Å²) in [6, 6.07) is 0.494. The third kappa shape index (κ3) is 4.46. The van der Waals surface area contributed by atoms with Crippen molar-refractivity contribution in [2.24, 2.45) is 0 Å². The standard InChI is InChI=1S/C14H21N7O.2ClH/c1-9-10(4-3-5-15-9)20-11(22)6-21(2)14-12-13(17-7-16-12)18-8-19-14;;/h7-10,15H,3-6H2,1-2H3,(H,20,22)(H,16,17,18,19);2*1H. The van der Waals surface area contributed by atoms with E-state index in [1.54, 1.807) is 11.2 Å². The van der Waals surface area contributed by atoms with Gasteiger partial charge in [0.1, 0.15) is 11.8 Å². The van der Waals surface area contributed by atoms with Gasteiger partial charge in [0.05, 0.1) is 12.9 Å². The fourth-order valence-electron chi connectivity index (χ4n) is 2.83. The number of likely N-dealkylation sites (N-methyl/N-ethyl adjacent to an activating group) is 1. The topological polar surface area (TPSA) is 98.8 Å². The van der Waals surface area contributed by atoms with Gasteiger partial charge in [0, 0.05) is 19.1 Å². The minimum Gasteiger partial charge on any atom is -0.350 e. The molecule has 2 aromatic heterocycles. The number of hydrogen-bond acceptors (Lipinski definition) is 6. The van der Waals surface area contributed by atoms with E-state index in [0.29, 0.717) is 17.5 Å². The molecular weight excluding hydrogens is 353 g/mol. The van der Waals surface area contributed by atoms with Crippen LogP contribution in [0.5, 0.6) is 0 Å². The Bertz CT molecular complexity index is 665. The van der Waals surface area contributed by atoms with E-state index < -0.39 is 0 Å². The van der Waals surface area contributed by atoms with Crippen LogP contribution in [0, 0.1) is 0 Å². The number of nitrogens with zero attached hydrogens (tertiary/aromatic N) is 4. The average Bonchev–Trinajstić information content (AvgIpc) is 2.97. The second kappa shape index (κ2) is 9.00. The van der Waals surface area contributed by atoms with Gasteiger partial charge in [0.25, 0.3) is 0 Å². The van der Waals surface area contributed by atoms with E-state index in [1.807, 2.05) is 7.05 Å². The minimum atomic E-state index is -0.00525. The normalized spacial score (nSPS) is 19.9. The fourth-order valence-corrected chi connectivity index (χ4v) is 2.83. The first-order valence-electron chi connectivity index (χ1n) is 7.53. The molecule has 3 heterocycles. The highest BCUT2D eigenvalue weighted by atomic mass is 35.5. The Morgan fingerprint density at radius 2 is 2.17 bits per heavy atom. The van der Waals surface area contributed by atoms with E-state index in [9.17, 15) is 4.79 Å². The molecule has 0 radical (unpaired) electrons. The Labute approximate surface area is 153 Å². The zero-order valence-electron chi connectivity index (χ0n) is 13.7. The van der Waals surface area contributed by atoms with Gasteiger partial charge in [-0.15, -0.1) is 24.8 Å². The number of rotatable bonds is 4. The summed E-state index contributed by atoms with van der Waals surface area (Å²) >= 11 is 0. The van der Waals surface area contributed by atoms with Crippen LogP contribution in [-0.4, -0.2) is 58.1 Å². The molecule has 1 aliphatic heterocycles. The Balaban J connectivity index is 0.00000144. The van der Waals surface area contributed by atoms with Gasteiger partial charge in [-0.2, -0.15) is 0 Å². The summed E-state index contributed by atoms with van der Waals surface area (Å²) in [5.74, 6) is 0.668. The lowest BCUT2D eigenvalue weighted by Crippen LogP contribution is -2.53. The Hall–Kier alpha value is -1.64. The third-order valence-corrected chi connectivity index (χ3v) is 4.05. The number of halogens is 2. The van der Waals surface area contributed by atoms with Crippen LogP contribution in [0.15, 0.2) is 12.7 Å². The summed E-state index contributed by atoms with van der Waals surface area (Å²) < 4.78 is 0. The van der Waals surface area contributed by atoms with Gasteiger partial charge >= 0.3 is 0 Å². The molecule has 3 rings (SSSR count). The first kappa shape index (κ1) is 20.4. The van der Waals surface area contributed by atoms with Crippen molar-refractivity contribution in [3.8, 4) is 0 Å². The van der Waals surface area contributed by atoms with Crippen LogP contribution in [-0.2, 0) is 4.79 Å². The molecule has 0 aromatic carbocycles. The first-order valence-corrected chi connectivity index (χ1v) is 7.53. The lowest BCUT2D eigenvalue weighted by atomic mass is 10.00. The molecule has 134 valence electrons. The zero-order chi connectivity index (χ0) is 15.5. The lowest BCUT2D eigenvalue weighted by molar-refractivity contribution is -0.120. The molecule has 2 aromatic rings. The number of hydrogen-bond donors (Lipinski definition) is 3. The maximum absolute atomic E-state index is 12.3. The number of amides is 1. The number of anilines is 1. The summed E-state index contributed by atoms with van der Waals surface area (Å²) in [6.45, 7) is 3.37. The lowest BCUT2D eigenvalue weighted by Gasteiger charge is -2.31. The van der Waals surface area contributed by atoms with Crippen molar-refractivity contribution in [3.63, 3.8) is 0 Å². The Kier molecular flexibility index (Phi) is 7.65. The average molecular weight is 376 g/mol. The van der Waals surface area contributed by atoms with Gasteiger partial charge < -0.3 is 20.5 Å². The zero-order valence-corrected chi connectivity index (χ0v) is 15.3. The monoisotopic (exact) mass is 375 g/mol. The van der Waals surface area contributed by atoms with Crippen LogP contribution < -0.4 is 15.5 Å². The van der Waals surface area contributed by atoms with Crippen molar-refractivity contribution in [1.82, 2.24) is 30.6 Å². The molecule has 1 aliphatic rings. The molecule has 1 fully saturated rings. The highest BCUT2D eigenvalue weighted by Gasteiger charge is 2.23. The Morgan fingerprint density at radius 1 is 1.38 bits per heavy atom. The fraction of sp³-hybridized carbons (Fsp3) is 0.571. The van der Waals surface area contributed by atoms with Gasteiger partial charge in [0.2, 0.25) is 5.91 Å². The van der Waals surface area contributed by atoms with Crippen molar-refractivity contribution < 1.29 is 4.79 Å². The molecule has 1 amide bonds. The number of carbonyl (C=O) groups is 1. The second-order valence-electron chi connectivity index (χ2n) is 5.71. The highest BCUT2D eigenvalue weighted by Crippen LogP contribution is 2.17. The molecule has 0 saturated carbocycles. The van der Waals surface area contributed by atoms with Crippen molar-refractivity contribution >= 4 is 47.7 Å². The van der Waals surface area contributed by atoms with Crippen molar-refractivity contribution in [2.45, 2.75) is 31.8 Å². The van der Waals surface area contributed by atoms with Crippen LogP contribution >= 0.6 is 24.8 Å². The van der Waals surface area contributed by atoms with Gasteiger partial charge in [-0.1, -0.05) is 0 Å². The molecular formula is C14H23Cl2N7O. The maximum Gasteiger partial charge on any atom is 0.239 e. The number of aromatic nitrogens is 4. The summed E-state index contributed by atoms with van der Waals surface area (Å²) in [7, 11) is 1.84. The summed E-state index contributed by atoms with van der Waals surface area (Å²) in [4.78, 5) is 29.5. The van der Waals surface area contributed by atoms with Crippen LogP contribution in [0.4, 0.5) is 5.82 Å². The van der Waals surface area contributed by atoms with Crippen molar-refractivity contribution in [3.05, 3.63) is 12.7 Å². The SMILES string of the molecule is CC1NCCCC1NC(=O)CN(C)c1ncnc2nc[nH]c12.Cl.Cl. The number of piperidine rings is 1. The molecule has 3 N–H and O–H groups in total. The Morgan fingerprint density at radius 3 is 2.92 bits per heavy atom. The van der Waals surface area contributed by atoms with Crippen LogP contribution in [0.2, 0.25) is 0 Å². The summed E-state index contributed by atoms with van der Waals surface area (Å²) in [5.41, 5.74) is 1.34. The number of H-pyrrole nitrogens is 1. The van der Waals surface area contributed by atoms with Gasteiger partial charge in [-0.3, -0.25) is 4.79 Å². The van der Waals surface area contributed by atoms with E-state index in [-0.39, 0.29) is 43.3 Å². The molecule has 10 heteroatoms. The predicted molar refractivity (Wildman–Crippen MR) is 98.1 cm³/mol. The van der Waals surface area contributed by atoms with E-state index in [4.69, 9.17) is 0 Å². The summed E-state index contributed by atoms with van der Waals surface area (Å²) in [5, 5.41) is 6.48. The predicted octanol–water partition coefficient (Wildman–Crippen LogP) is 0.889. The number of nitrogens with one attached hydrogen (secondary N) is 3. The number of fused-ring (bicyclic) bond motifs is 1. The molecule has 1 saturated heterocycles. The summed E-state index contributed by atoms with van der Waals surface area (Å²) in [6.07, 6.45) is 5.14. The number of imidazole rings is 1. The smallest absolute Gasteiger partial charge is 0.239 e. The van der Waals surface area contributed by atoms with Crippen LogP contribution in [0.1, 0.15) is 19.8 Å². The molecule has 0 bridgehead atoms. The molecule has 8 nitrogen and oxygen atoms in total. The molecule has 2 unspecified atom stereocenters. The van der Waals surface area contributed by atoms with E-state index >= 15 is 0 Å². The molecule has 0 spiro atoms. The number of aromatic amines is 1. The minimum absolute atomic E-state index is 0. The largest absolute Gasteiger partial charge is 0.350 e. The van der Waals surface area contributed by atoms with E-state index in [1.165, 1.54) is 6.33 Å². The number of carbonyl (C=O) groups excluding carboxylic acids is 1. The molecule has 0 aliphatic carbocycles. The quantitative estimate of drug-likeness (QED) is 0.733. The first-order chi connectivity index (χ1) is 10.6. The van der Waals surface area contributed by atoms with Crippen molar-refractivity contribution in [2.75, 3.05) is 25.0 Å². The molecule has 24 heavy (non-hydrogen) atoms. The van der Waals surface area contributed by atoms with E-state index in [0.717, 1.165) is 24.9 Å². The van der Waals surface area contributed by atoms with Crippen molar-refractivity contribution in [1.29, 1.82) is 0 Å². The highest BCUT2D eigenvalue weighted by molar-refractivity contribution is 5.87. The second-order valence-corrected chi connectivity index (χ2v) is 5.71. The molecule has 2 atom stereocenters.